The normalized spacial score (nSPS) is 25.0. The number of nitrogens with zero attached hydrogens (tertiary/aromatic N) is 2. The lowest BCUT2D eigenvalue weighted by Gasteiger charge is -2.42. The van der Waals surface area contributed by atoms with Crippen LogP contribution in [-0.2, 0) is 9.53 Å². The van der Waals surface area contributed by atoms with Gasteiger partial charge in [0.1, 0.15) is 11.4 Å². The van der Waals surface area contributed by atoms with Crippen LogP contribution in [0.4, 0.5) is 4.39 Å². The third-order valence-corrected chi connectivity index (χ3v) is 4.99. The third kappa shape index (κ3) is 2.89. The Balaban J connectivity index is 1.68. The Morgan fingerprint density at radius 1 is 1.25 bits per heavy atom. The standard InChI is InChI=1S/C17H21FN2O4/c1-12-10-13(18)2-3-14(12)15(21)19-5-7-20(8-6-19)17(16(22)23)4-9-24-11-17/h2-3,10H,4-9,11H2,1H3,(H,22,23). The van der Waals surface area contributed by atoms with Crippen molar-refractivity contribution in [3.63, 3.8) is 0 Å². The van der Waals surface area contributed by atoms with Gasteiger partial charge < -0.3 is 14.7 Å². The molecule has 0 radical (unpaired) electrons. The Labute approximate surface area is 139 Å². The van der Waals surface area contributed by atoms with Gasteiger partial charge in [0, 0.05) is 44.8 Å². The van der Waals surface area contributed by atoms with Gasteiger partial charge >= 0.3 is 5.97 Å². The molecule has 130 valence electrons. The first kappa shape index (κ1) is 16.9. The maximum atomic E-state index is 13.2. The number of benzene rings is 1. The van der Waals surface area contributed by atoms with Gasteiger partial charge in [-0.1, -0.05) is 0 Å². The third-order valence-electron chi connectivity index (χ3n) is 4.99. The number of hydrogen-bond donors (Lipinski definition) is 1. The highest BCUT2D eigenvalue weighted by molar-refractivity contribution is 5.95. The van der Waals surface area contributed by atoms with E-state index >= 15 is 0 Å². The number of carboxylic acids is 1. The monoisotopic (exact) mass is 336 g/mol. The van der Waals surface area contributed by atoms with Crippen LogP contribution in [0.3, 0.4) is 0 Å². The predicted octanol–water partition coefficient (Wildman–Crippen LogP) is 1.14. The van der Waals surface area contributed by atoms with Crippen molar-refractivity contribution in [2.24, 2.45) is 0 Å². The van der Waals surface area contributed by atoms with Crippen LogP contribution < -0.4 is 0 Å². The second-order valence-electron chi connectivity index (χ2n) is 6.38. The van der Waals surface area contributed by atoms with E-state index in [1.54, 1.807) is 11.8 Å². The number of rotatable bonds is 3. The highest BCUT2D eigenvalue weighted by Crippen LogP contribution is 2.28. The molecule has 2 saturated heterocycles. The summed E-state index contributed by atoms with van der Waals surface area (Å²) in [5, 5.41) is 9.59. The molecule has 1 unspecified atom stereocenters. The molecule has 2 fully saturated rings. The van der Waals surface area contributed by atoms with Crippen LogP contribution in [0.15, 0.2) is 18.2 Å². The van der Waals surface area contributed by atoms with E-state index in [9.17, 15) is 19.1 Å². The number of amides is 1. The average Bonchev–Trinajstić information content (AvgIpc) is 3.05. The quantitative estimate of drug-likeness (QED) is 0.896. The lowest BCUT2D eigenvalue weighted by atomic mass is 9.95. The fourth-order valence-electron chi connectivity index (χ4n) is 3.48. The van der Waals surface area contributed by atoms with Crippen LogP contribution in [0, 0.1) is 12.7 Å². The van der Waals surface area contributed by atoms with Crippen LogP contribution in [0.1, 0.15) is 22.3 Å². The number of carbonyl (C=O) groups is 2. The minimum absolute atomic E-state index is 0.140. The SMILES string of the molecule is Cc1cc(F)ccc1C(=O)N1CCN(C2(C(=O)O)CCOC2)CC1. The maximum Gasteiger partial charge on any atom is 0.326 e. The number of hydrogen-bond acceptors (Lipinski definition) is 4. The molecule has 0 spiro atoms. The summed E-state index contributed by atoms with van der Waals surface area (Å²) in [6.45, 7) is 4.22. The van der Waals surface area contributed by atoms with Crippen molar-refractivity contribution in [2.45, 2.75) is 18.9 Å². The van der Waals surface area contributed by atoms with Crippen molar-refractivity contribution in [1.82, 2.24) is 9.80 Å². The molecule has 0 bridgehead atoms. The van der Waals surface area contributed by atoms with Gasteiger partial charge in [0.2, 0.25) is 0 Å². The van der Waals surface area contributed by atoms with E-state index in [1.807, 2.05) is 4.90 Å². The second-order valence-corrected chi connectivity index (χ2v) is 6.38. The first-order valence-electron chi connectivity index (χ1n) is 8.06. The second kappa shape index (κ2) is 6.49. The minimum atomic E-state index is -0.971. The van der Waals surface area contributed by atoms with Crippen molar-refractivity contribution in [3.05, 3.63) is 35.1 Å². The zero-order valence-electron chi connectivity index (χ0n) is 13.6. The highest BCUT2D eigenvalue weighted by Gasteiger charge is 2.48. The Kier molecular flexibility index (Phi) is 4.56. The van der Waals surface area contributed by atoms with E-state index in [0.29, 0.717) is 50.3 Å². The molecule has 1 amide bonds. The lowest BCUT2D eigenvalue weighted by molar-refractivity contribution is -0.152. The number of carbonyl (C=O) groups excluding carboxylic acids is 1. The van der Waals surface area contributed by atoms with Crippen LogP contribution in [0.2, 0.25) is 0 Å². The van der Waals surface area contributed by atoms with Crippen LogP contribution >= 0.6 is 0 Å². The summed E-state index contributed by atoms with van der Waals surface area (Å²) in [5.74, 6) is -1.37. The Morgan fingerprint density at radius 2 is 1.96 bits per heavy atom. The fraction of sp³-hybridized carbons (Fsp3) is 0.529. The van der Waals surface area contributed by atoms with E-state index in [-0.39, 0.29) is 18.3 Å². The molecule has 3 rings (SSSR count). The number of piperazine rings is 1. The molecule has 6 nitrogen and oxygen atoms in total. The average molecular weight is 336 g/mol. The number of halogens is 1. The van der Waals surface area contributed by atoms with E-state index in [1.165, 1.54) is 18.2 Å². The Hall–Kier alpha value is -1.99. The Morgan fingerprint density at radius 3 is 2.50 bits per heavy atom. The van der Waals surface area contributed by atoms with Gasteiger partial charge in [-0.05, 0) is 30.7 Å². The molecule has 0 saturated carbocycles. The van der Waals surface area contributed by atoms with Gasteiger partial charge in [-0.2, -0.15) is 0 Å². The molecule has 0 aliphatic carbocycles. The summed E-state index contributed by atoms with van der Waals surface area (Å²) < 4.78 is 18.5. The van der Waals surface area contributed by atoms with E-state index < -0.39 is 11.5 Å². The molecule has 1 aromatic carbocycles. The largest absolute Gasteiger partial charge is 0.480 e. The zero-order chi connectivity index (χ0) is 17.3. The molecule has 0 aromatic heterocycles. The van der Waals surface area contributed by atoms with Crippen molar-refractivity contribution in [3.8, 4) is 0 Å². The minimum Gasteiger partial charge on any atom is -0.480 e. The van der Waals surface area contributed by atoms with Crippen molar-refractivity contribution in [2.75, 3.05) is 39.4 Å². The molecule has 1 atom stereocenters. The number of ether oxygens (including phenoxy) is 1. The summed E-state index contributed by atoms with van der Waals surface area (Å²) in [6.07, 6.45) is 0.466. The smallest absolute Gasteiger partial charge is 0.326 e. The van der Waals surface area contributed by atoms with Crippen LogP contribution in [0.5, 0.6) is 0 Å². The predicted molar refractivity (Wildman–Crippen MR) is 84.4 cm³/mol. The van der Waals surface area contributed by atoms with Gasteiger partial charge in [-0.3, -0.25) is 14.5 Å². The van der Waals surface area contributed by atoms with Crippen LogP contribution in [-0.4, -0.2) is 71.7 Å². The van der Waals surface area contributed by atoms with Crippen molar-refractivity contribution < 1.29 is 23.8 Å². The summed E-state index contributed by atoms with van der Waals surface area (Å²) in [5.41, 5.74) is 0.122. The first-order chi connectivity index (χ1) is 11.4. The van der Waals surface area contributed by atoms with Crippen LogP contribution in [0.25, 0.3) is 0 Å². The molecule has 1 N–H and O–H groups in total. The zero-order valence-corrected chi connectivity index (χ0v) is 13.6. The van der Waals surface area contributed by atoms with Gasteiger partial charge in [-0.25, -0.2) is 4.39 Å². The summed E-state index contributed by atoms with van der Waals surface area (Å²) in [7, 11) is 0. The van der Waals surface area contributed by atoms with Gasteiger partial charge in [0.25, 0.3) is 5.91 Å². The molecular weight excluding hydrogens is 315 g/mol. The molecule has 1 aromatic rings. The highest BCUT2D eigenvalue weighted by atomic mass is 19.1. The van der Waals surface area contributed by atoms with Crippen molar-refractivity contribution in [1.29, 1.82) is 0 Å². The number of aliphatic carboxylic acids is 1. The van der Waals surface area contributed by atoms with Gasteiger partial charge in [-0.15, -0.1) is 0 Å². The van der Waals surface area contributed by atoms with E-state index in [2.05, 4.69) is 0 Å². The molecule has 2 heterocycles. The molecule has 2 aliphatic heterocycles. The number of carboxylic acid groups (broad SMARTS) is 1. The maximum absolute atomic E-state index is 13.2. The lowest BCUT2D eigenvalue weighted by Crippen LogP contribution is -2.61. The van der Waals surface area contributed by atoms with Gasteiger partial charge in [0.15, 0.2) is 0 Å². The summed E-state index contributed by atoms with van der Waals surface area (Å²) in [4.78, 5) is 27.9. The Bertz CT molecular complexity index is 650. The molecule has 7 heteroatoms. The number of aryl methyl sites for hydroxylation is 1. The molecule has 24 heavy (non-hydrogen) atoms. The van der Waals surface area contributed by atoms with E-state index in [0.717, 1.165) is 0 Å². The fourth-order valence-corrected chi connectivity index (χ4v) is 3.48. The van der Waals surface area contributed by atoms with Crippen molar-refractivity contribution >= 4 is 11.9 Å². The molecule has 2 aliphatic rings. The van der Waals surface area contributed by atoms with Gasteiger partial charge in [0.05, 0.1) is 6.61 Å². The topological polar surface area (TPSA) is 70.1 Å². The molecular formula is C17H21FN2O4. The first-order valence-corrected chi connectivity index (χ1v) is 8.06. The summed E-state index contributed by atoms with van der Waals surface area (Å²) in [6, 6.07) is 4.13. The summed E-state index contributed by atoms with van der Waals surface area (Å²) >= 11 is 0. The van der Waals surface area contributed by atoms with E-state index in [4.69, 9.17) is 4.74 Å².